The summed E-state index contributed by atoms with van der Waals surface area (Å²) >= 11 is -2.84. The van der Waals surface area contributed by atoms with Crippen molar-refractivity contribution in [3.63, 3.8) is 0 Å². The Bertz CT molecular complexity index is 1640. The van der Waals surface area contributed by atoms with E-state index in [-0.39, 0.29) is 0 Å². The van der Waals surface area contributed by atoms with Crippen LogP contribution in [0, 0.1) is 0 Å². The third-order valence-corrected chi connectivity index (χ3v) is 23.3. The van der Waals surface area contributed by atoms with E-state index in [0.717, 1.165) is 4.35 Å². The third-order valence-electron chi connectivity index (χ3n) is 8.49. The van der Waals surface area contributed by atoms with Gasteiger partial charge in [-0.25, -0.2) is 0 Å². The van der Waals surface area contributed by atoms with Crippen LogP contribution in [0.25, 0.3) is 0 Å². The fourth-order valence-corrected chi connectivity index (χ4v) is 23.8. The van der Waals surface area contributed by atoms with E-state index in [4.69, 9.17) is 6.83 Å². The Morgan fingerprint density at radius 3 is 0.660 bits per heavy atom. The fraction of sp³-hybridized carbons (Fsp3) is 0. The standard InChI is InChI=1S/C42H35AsO2Si2/c1-8-22-36(23-9-1)43(44-46(37-24-10-2-11-25-37,38-26-12-3-13-27-38)39-28-14-4-15-29-39)45-47(40-30-16-5-17-31-40,41-32-18-6-19-33-41)42-34-20-7-21-35-42/h1-35H. The molecule has 2 nitrogen and oxygen atoms in total. The van der Waals surface area contributed by atoms with Gasteiger partial charge in [0, 0.05) is 0 Å². The van der Waals surface area contributed by atoms with Crippen molar-refractivity contribution in [1.82, 2.24) is 0 Å². The summed E-state index contributed by atoms with van der Waals surface area (Å²) < 4.78 is 17.1. The van der Waals surface area contributed by atoms with Gasteiger partial charge in [0.25, 0.3) is 0 Å². The normalized spacial score (nSPS) is 11.8. The Hall–Kier alpha value is -4.55. The summed E-state index contributed by atoms with van der Waals surface area (Å²) in [5.74, 6) is 0. The van der Waals surface area contributed by atoms with E-state index in [2.05, 4.69) is 212 Å². The summed E-state index contributed by atoms with van der Waals surface area (Å²) in [5.41, 5.74) is 0. The average Bonchev–Trinajstić information content (AvgIpc) is 3.18. The van der Waals surface area contributed by atoms with Crippen molar-refractivity contribution in [2.45, 2.75) is 0 Å². The maximum absolute atomic E-state index is 8.00. The molecule has 0 saturated heterocycles. The number of rotatable bonds is 11. The van der Waals surface area contributed by atoms with Crippen LogP contribution in [0.15, 0.2) is 212 Å². The van der Waals surface area contributed by atoms with Gasteiger partial charge in [-0.3, -0.25) is 0 Å². The molecule has 0 unspecified atom stereocenters. The molecule has 0 radical (unpaired) electrons. The van der Waals surface area contributed by atoms with Crippen LogP contribution in [0.3, 0.4) is 0 Å². The zero-order chi connectivity index (χ0) is 31.8. The molecule has 0 bridgehead atoms. The van der Waals surface area contributed by atoms with Crippen LogP contribution >= 0.6 is 0 Å². The SMILES string of the molecule is c1ccc([As](O[Si](c2ccccc2)(c2ccccc2)c2ccccc2)O[Si](c2ccccc2)(c2ccccc2)c2ccccc2)cc1. The molecule has 0 fully saturated rings. The molecule has 0 aliphatic heterocycles. The Morgan fingerprint density at radius 2 is 0.447 bits per heavy atom. The Balaban J connectivity index is 1.51. The average molecular weight is 703 g/mol. The first kappa shape index (κ1) is 31.1. The summed E-state index contributed by atoms with van der Waals surface area (Å²) in [5, 5.41) is 7.18. The molecule has 0 aliphatic carbocycles. The number of hydrogen-bond donors (Lipinski definition) is 0. The van der Waals surface area contributed by atoms with Crippen LogP contribution in [0.2, 0.25) is 0 Å². The Labute approximate surface area is 285 Å². The van der Waals surface area contributed by atoms with E-state index in [1.54, 1.807) is 0 Å². The van der Waals surface area contributed by atoms with Crippen LogP contribution in [0.4, 0.5) is 0 Å². The molecular formula is C42H35AsO2Si2. The number of benzene rings is 7. The van der Waals surface area contributed by atoms with Gasteiger partial charge in [0.2, 0.25) is 0 Å². The van der Waals surface area contributed by atoms with Crippen molar-refractivity contribution in [3.05, 3.63) is 212 Å². The molecule has 0 saturated carbocycles. The molecule has 0 aliphatic rings. The fourth-order valence-electron chi connectivity index (χ4n) is 6.28. The summed E-state index contributed by atoms with van der Waals surface area (Å²) in [4.78, 5) is 0. The molecule has 0 spiro atoms. The molecule has 0 heterocycles. The van der Waals surface area contributed by atoms with Crippen LogP contribution < -0.4 is 35.5 Å². The van der Waals surface area contributed by atoms with Gasteiger partial charge >= 0.3 is 287 Å². The second kappa shape index (κ2) is 14.5. The molecule has 228 valence electrons. The van der Waals surface area contributed by atoms with E-state index in [9.17, 15) is 0 Å². The summed E-state index contributed by atoms with van der Waals surface area (Å²) in [7, 11) is -6.22. The predicted molar refractivity (Wildman–Crippen MR) is 202 cm³/mol. The van der Waals surface area contributed by atoms with Crippen LogP contribution in [-0.2, 0) is 6.83 Å². The second-order valence-electron chi connectivity index (χ2n) is 11.3. The van der Waals surface area contributed by atoms with Crippen LogP contribution in [0.5, 0.6) is 0 Å². The molecule has 7 aromatic carbocycles. The van der Waals surface area contributed by atoms with Crippen molar-refractivity contribution in [3.8, 4) is 0 Å². The first-order chi connectivity index (χ1) is 23.3. The van der Waals surface area contributed by atoms with Gasteiger partial charge in [0.05, 0.1) is 0 Å². The van der Waals surface area contributed by atoms with E-state index in [0.29, 0.717) is 0 Å². The monoisotopic (exact) mass is 702 g/mol. The van der Waals surface area contributed by atoms with Crippen molar-refractivity contribution in [1.29, 1.82) is 0 Å². The minimum absolute atomic E-state index is 1.12. The van der Waals surface area contributed by atoms with Crippen molar-refractivity contribution < 1.29 is 6.83 Å². The van der Waals surface area contributed by atoms with E-state index in [1.165, 1.54) is 31.1 Å². The number of hydrogen-bond acceptors (Lipinski definition) is 2. The zero-order valence-corrected chi connectivity index (χ0v) is 29.8. The topological polar surface area (TPSA) is 18.5 Å². The molecule has 0 N–H and O–H groups in total. The first-order valence-electron chi connectivity index (χ1n) is 15.9. The van der Waals surface area contributed by atoms with E-state index >= 15 is 0 Å². The summed E-state index contributed by atoms with van der Waals surface area (Å²) in [6.07, 6.45) is 0. The van der Waals surface area contributed by atoms with Crippen molar-refractivity contribution in [2.24, 2.45) is 0 Å². The third kappa shape index (κ3) is 6.27. The van der Waals surface area contributed by atoms with Gasteiger partial charge in [-0.15, -0.1) is 0 Å². The van der Waals surface area contributed by atoms with Gasteiger partial charge in [-0.2, -0.15) is 0 Å². The van der Waals surface area contributed by atoms with Gasteiger partial charge in [0.15, 0.2) is 0 Å². The first-order valence-corrected chi connectivity index (χ1v) is 22.2. The van der Waals surface area contributed by atoms with Crippen LogP contribution in [0.1, 0.15) is 0 Å². The molecule has 0 aromatic heterocycles. The molecular weight excluding hydrogens is 668 g/mol. The molecule has 0 amide bonds. The van der Waals surface area contributed by atoms with Crippen molar-refractivity contribution in [2.75, 3.05) is 0 Å². The van der Waals surface area contributed by atoms with E-state index in [1.807, 2.05) is 0 Å². The second-order valence-corrected chi connectivity index (χ2v) is 22.3. The predicted octanol–water partition coefficient (Wildman–Crippen LogP) is 4.75. The maximum atomic E-state index is 8.00. The molecule has 0 atom stereocenters. The summed E-state index contributed by atoms with van der Waals surface area (Å²) in [6.45, 7) is 0. The molecule has 47 heavy (non-hydrogen) atoms. The minimum atomic E-state index is -3.11. The Morgan fingerprint density at radius 1 is 0.255 bits per heavy atom. The van der Waals surface area contributed by atoms with Gasteiger partial charge in [0.1, 0.15) is 0 Å². The van der Waals surface area contributed by atoms with Gasteiger partial charge < -0.3 is 0 Å². The molecule has 7 rings (SSSR count). The molecule has 5 heteroatoms. The van der Waals surface area contributed by atoms with Crippen LogP contribution in [-0.4, -0.2) is 32.0 Å². The zero-order valence-electron chi connectivity index (χ0n) is 26.0. The van der Waals surface area contributed by atoms with E-state index < -0.39 is 32.0 Å². The van der Waals surface area contributed by atoms with Gasteiger partial charge in [-0.1, -0.05) is 0 Å². The molecule has 7 aromatic rings. The summed E-state index contributed by atoms with van der Waals surface area (Å²) in [6, 6.07) is 75.6. The van der Waals surface area contributed by atoms with Gasteiger partial charge in [-0.05, 0) is 0 Å². The quantitative estimate of drug-likeness (QED) is 0.143. The Kier molecular flexibility index (Phi) is 9.57. The van der Waals surface area contributed by atoms with Crippen molar-refractivity contribution >= 4 is 67.4 Å².